The topological polar surface area (TPSA) is 29.5 Å². The van der Waals surface area contributed by atoms with Crippen LogP contribution in [0.15, 0.2) is 48.5 Å². The van der Waals surface area contributed by atoms with E-state index < -0.39 is 0 Å². The first-order chi connectivity index (χ1) is 10.7. The number of aryl methyl sites for hydroxylation is 2. The number of hydrogen-bond donors (Lipinski definition) is 1. The minimum atomic E-state index is 0.0120. The Hall–Kier alpha value is -1.64. The molecule has 1 heterocycles. The Morgan fingerprint density at radius 2 is 1.82 bits per heavy atom. The van der Waals surface area contributed by atoms with E-state index >= 15 is 0 Å². The molecule has 1 saturated heterocycles. The fourth-order valence-electron chi connectivity index (χ4n) is 3.38. The quantitative estimate of drug-likeness (QED) is 0.929. The van der Waals surface area contributed by atoms with Crippen LogP contribution in [0.25, 0.3) is 0 Å². The molecular weight excluding hydrogens is 272 g/mol. The molecule has 0 aromatic heterocycles. The highest BCUT2D eigenvalue weighted by Crippen LogP contribution is 2.40. The Balaban J connectivity index is 1.78. The summed E-state index contributed by atoms with van der Waals surface area (Å²) < 4.78 is 6.06. The maximum absolute atomic E-state index is 9.89. The third-order valence-corrected chi connectivity index (χ3v) is 4.90. The van der Waals surface area contributed by atoms with E-state index in [4.69, 9.17) is 4.74 Å². The first-order valence-electron chi connectivity index (χ1n) is 8.02. The molecule has 0 radical (unpaired) electrons. The summed E-state index contributed by atoms with van der Waals surface area (Å²) in [5.41, 5.74) is 5.08. The van der Waals surface area contributed by atoms with Crippen LogP contribution < -0.4 is 0 Å². The van der Waals surface area contributed by atoms with Crippen molar-refractivity contribution >= 4 is 0 Å². The van der Waals surface area contributed by atoms with Gasteiger partial charge in [0.05, 0.1) is 12.7 Å². The van der Waals surface area contributed by atoms with E-state index in [1.807, 2.05) is 6.07 Å². The van der Waals surface area contributed by atoms with Gasteiger partial charge in [-0.1, -0.05) is 48.5 Å². The predicted molar refractivity (Wildman–Crippen MR) is 88.8 cm³/mol. The van der Waals surface area contributed by atoms with Gasteiger partial charge in [0.25, 0.3) is 0 Å². The third-order valence-electron chi connectivity index (χ3n) is 4.90. The zero-order valence-electron chi connectivity index (χ0n) is 13.3. The summed E-state index contributed by atoms with van der Waals surface area (Å²) in [6.07, 6.45) is 0.978. The van der Waals surface area contributed by atoms with Crippen molar-refractivity contribution in [1.82, 2.24) is 0 Å². The first kappa shape index (κ1) is 15.3. The molecule has 0 amide bonds. The molecule has 1 unspecified atom stereocenters. The van der Waals surface area contributed by atoms with Gasteiger partial charge in [-0.2, -0.15) is 0 Å². The van der Waals surface area contributed by atoms with Crippen LogP contribution in [0.2, 0.25) is 0 Å². The van der Waals surface area contributed by atoms with Gasteiger partial charge in [0.1, 0.15) is 0 Å². The van der Waals surface area contributed by atoms with E-state index in [2.05, 4.69) is 56.3 Å². The van der Waals surface area contributed by atoms with Gasteiger partial charge in [-0.25, -0.2) is 0 Å². The number of aliphatic hydroxyl groups excluding tert-OH is 1. The summed E-state index contributed by atoms with van der Waals surface area (Å²) in [6.45, 7) is 5.15. The van der Waals surface area contributed by atoms with Crippen LogP contribution in [0.3, 0.4) is 0 Å². The highest BCUT2D eigenvalue weighted by molar-refractivity contribution is 5.32. The average Bonchev–Trinajstić information content (AvgIpc) is 2.93. The van der Waals surface area contributed by atoms with Crippen LogP contribution in [0.1, 0.15) is 28.4 Å². The van der Waals surface area contributed by atoms with Gasteiger partial charge in [-0.3, -0.25) is 0 Å². The van der Waals surface area contributed by atoms with Gasteiger partial charge < -0.3 is 9.84 Å². The fraction of sp³-hybridized carbons (Fsp3) is 0.400. The Bertz CT molecular complexity index is 621. The second kappa shape index (κ2) is 6.64. The molecule has 3 rings (SSSR count). The molecule has 2 aromatic rings. The monoisotopic (exact) mass is 296 g/mol. The largest absolute Gasteiger partial charge is 0.396 e. The minimum absolute atomic E-state index is 0.0120. The molecule has 116 valence electrons. The molecule has 1 N–H and O–H groups in total. The number of benzene rings is 2. The summed E-state index contributed by atoms with van der Waals surface area (Å²) in [4.78, 5) is 0. The Labute approximate surface area is 132 Å². The lowest BCUT2D eigenvalue weighted by Gasteiger charge is -2.22. The molecule has 2 heteroatoms. The summed E-state index contributed by atoms with van der Waals surface area (Å²) in [5, 5.41) is 9.89. The van der Waals surface area contributed by atoms with Crippen molar-refractivity contribution in [2.75, 3.05) is 13.2 Å². The molecule has 3 atom stereocenters. The van der Waals surface area contributed by atoms with Gasteiger partial charge in [0.2, 0.25) is 0 Å². The van der Waals surface area contributed by atoms with Gasteiger partial charge in [-0.15, -0.1) is 0 Å². The van der Waals surface area contributed by atoms with Crippen LogP contribution in [0.5, 0.6) is 0 Å². The van der Waals surface area contributed by atoms with Gasteiger partial charge in [-0.05, 0) is 48.4 Å². The van der Waals surface area contributed by atoms with Crippen molar-refractivity contribution in [3.05, 3.63) is 70.8 Å². The van der Waals surface area contributed by atoms with Crippen LogP contribution in [-0.4, -0.2) is 18.3 Å². The number of rotatable bonds is 4. The minimum Gasteiger partial charge on any atom is -0.396 e. The van der Waals surface area contributed by atoms with Crippen molar-refractivity contribution in [3.63, 3.8) is 0 Å². The summed E-state index contributed by atoms with van der Waals surface area (Å²) in [6, 6.07) is 17.0. The maximum atomic E-state index is 9.89. The molecule has 1 fully saturated rings. The van der Waals surface area contributed by atoms with E-state index in [1.165, 1.54) is 22.3 Å². The second-order valence-electron chi connectivity index (χ2n) is 6.39. The van der Waals surface area contributed by atoms with Crippen molar-refractivity contribution in [1.29, 1.82) is 0 Å². The molecule has 2 aromatic carbocycles. The number of aliphatic hydroxyl groups is 1. The molecule has 2 nitrogen and oxygen atoms in total. The summed E-state index contributed by atoms with van der Waals surface area (Å²) in [5.74, 6) is 0.543. The molecule has 1 aliphatic rings. The SMILES string of the molecule is Cc1ccc(C2OC[C@H](Cc3ccccc3)[C@@H]2CO)cc1C. The average molecular weight is 296 g/mol. The molecule has 22 heavy (non-hydrogen) atoms. The van der Waals surface area contributed by atoms with E-state index in [1.54, 1.807) is 0 Å². The van der Waals surface area contributed by atoms with Crippen LogP contribution >= 0.6 is 0 Å². The Kier molecular flexibility index (Phi) is 4.60. The fourth-order valence-corrected chi connectivity index (χ4v) is 3.38. The molecule has 1 aliphatic heterocycles. The molecule has 0 spiro atoms. The van der Waals surface area contributed by atoms with Crippen molar-refractivity contribution in [2.24, 2.45) is 11.8 Å². The van der Waals surface area contributed by atoms with E-state index in [0.29, 0.717) is 5.92 Å². The van der Waals surface area contributed by atoms with Gasteiger partial charge >= 0.3 is 0 Å². The van der Waals surface area contributed by atoms with E-state index in [-0.39, 0.29) is 18.6 Å². The standard InChI is InChI=1S/C20H24O2/c1-14-8-9-17(10-15(14)2)20-19(12-21)18(13-22-20)11-16-6-4-3-5-7-16/h3-10,18-21H,11-13H2,1-2H3/t18-,19-,20?/m0/s1. The summed E-state index contributed by atoms with van der Waals surface area (Å²) >= 11 is 0. The maximum Gasteiger partial charge on any atom is 0.0878 e. The first-order valence-corrected chi connectivity index (χ1v) is 8.02. The van der Waals surface area contributed by atoms with Crippen LogP contribution in [0, 0.1) is 25.7 Å². The van der Waals surface area contributed by atoms with Crippen molar-refractivity contribution < 1.29 is 9.84 Å². The molecule has 0 saturated carbocycles. The van der Waals surface area contributed by atoms with Crippen LogP contribution in [-0.2, 0) is 11.2 Å². The lowest BCUT2D eigenvalue weighted by atomic mass is 9.84. The highest BCUT2D eigenvalue weighted by atomic mass is 16.5. The second-order valence-corrected chi connectivity index (χ2v) is 6.39. The van der Waals surface area contributed by atoms with Gasteiger partial charge in [0, 0.05) is 12.5 Å². The Morgan fingerprint density at radius 1 is 1.05 bits per heavy atom. The van der Waals surface area contributed by atoms with Crippen molar-refractivity contribution in [3.8, 4) is 0 Å². The van der Waals surface area contributed by atoms with Gasteiger partial charge in [0.15, 0.2) is 0 Å². The zero-order chi connectivity index (χ0) is 15.5. The van der Waals surface area contributed by atoms with Crippen molar-refractivity contribution in [2.45, 2.75) is 26.4 Å². The number of hydrogen-bond acceptors (Lipinski definition) is 2. The lowest BCUT2D eigenvalue weighted by molar-refractivity contribution is 0.0718. The Morgan fingerprint density at radius 3 is 2.50 bits per heavy atom. The summed E-state index contributed by atoms with van der Waals surface area (Å²) in [7, 11) is 0. The van der Waals surface area contributed by atoms with Crippen LogP contribution in [0.4, 0.5) is 0 Å². The highest BCUT2D eigenvalue weighted by Gasteiger charge is 2.37. The molecule has 0 bridgehead atoms. The van der Waals surface area contributed by atoms with E-state index in [9.17, 15) is 5.11 Å². The normalized spacial score (nSPS) is 24.6. The third kappa shape index (κ3) is 3.08. The molecule has 0 aliphatic carbocycles. The van der Waals surface area contributed by atoms with E-state index in [0.717, 1.165) is 13.0 Å². The molecular formula is C20H24O2. The zero-order valence-corrected chi connectivity index (χ0v) is 13.3. The lowest BCUT2D eigenvalue weighted by Crippen LogP contribution is -2.21. The predicted octanol–water partition coefficient (Wildman–Crippen LogP) is 3.84. The number of ether oxygens (including phenoxy) is 1. The smallest absolute Gasteiger partial charge is 0.0878 e.